The number of rotatable bonds is 12. The maximum atomic E-state index is 13.3. The lowest BCUT2D eigenvalue weighted by Crippen LogP contribution is -2.59. The average molecular weight is 614 g/mol. The first-order valence-electron chi connectivity index (χ1n) is 14.3. The molecule has 4 rings (SSSR count). The van der Waals surface area contributed by atoms with E-state index < -0.39 is 23.6 Å². The van der Waals surface area contributed by atoms with Gasteiger partial charge in [-0.3, -0.25) is 24.0 Å². The van der Waals surface area contributed by atoms with Gasteiger partial charge in [0.1, 0.15) is 13.2 Å². The Balaban J connectivity index is 1.16. The SMILES string of the molecule is C=CC(=O)N1CN(C(=O)C=C)CN(C(=O)COCCOCC(=O)NCCC(=O)N2Cc3ccccc3C#Cc3ccccc32)C1. The van der Waals surface area contributed by atoms with E-state index in [0.29, 0.717) is 6.54 Å². The topological polar surface area (TPSA) is 129 Å². The van der Waals surface area contributed by atoms with E-state index in [1.165, 1.54) is 14.7 Å². The molecule has 1 N–H and O–H groups in total. The first-order valence-corrected chi connectivity index (χ1v) is 14.3. The zero-order chi connectivity index (χ0) is 32.2. The molecule has 0 aliphatic carbocycles. The molecule has 12 heteroatoms. The Morgan fingerprint density at radius 1 is 0.756 bits per heavy atom. The van der Waals surface area contributed by atoms with Gasteiger partial charge in [-0.05, 0) is 35.9 Å². The average Bonchev–Trinajstić information content (AvgIpc) is 3.06. The van der Waals surface area contributed by atoms with Gasteiger partial charge in [0.05, 0.1) is 45.5 Å². The number of benzene rings is 2. The van der Waals surface area contributed by atoms with Gasteiger partial charge in [0.25, 0.3) is 5.91 Å². The number of fused-ring (bicyclic) bond motifs is 2. The normalized spacial score (nSPS) is 13.7. The molecule has 2 aromatic rings. The third-order valence-corrected chi connectivity index (χ3v) is 7.01. The largest absolute Gasteiger partial charge is 0.369 e. The van der Waals surface area contributed by atoms with Crippen LogP contribution in [0.4, 0.5) is 5.69 Å². The lowest BCUT2D eigenvalue weighted by atomic mass is 10.0. The maximum absolute atomic E-state index is 13.3. The zero-order valence-electron chi connectivity index (χ0n) is 24.9. The number of para-hydroxylation sites is 1. The van der Waals surface area contributed by atoms with Crippen LogP contribution in [-0.2, 0) is 40.0 Å². The first-order chi connectivity index (χ1) is 21.8. The molecule has 1 fully saturated rings. The number of anilines is 1. The Kier molecular flexibility index (Phi) is 11.6. The Bertz CT molecular complexity index is 1500. The van der Waals surface area contributed by atoms with Crippen LogP contribution in [0.1, 0.15) is 23.1 Å². The van der Waals surface area contributed by atoms with Crippen molar-refractivity contribution < 1.29 is 33.4 Å². The second kappa shape index (κ2) is 16.0. The van der Waals surface area contributed by atoms with Gasteiger partial charge in [-0.25, -0.2) is 0 Å². The van der Waals surface area contributed by atoms with Gasteiger partial charge in [0.15, 0.2) is 0 Å². The molecule has 0 radical (unpaired) electrons. The minimum Gasteiger partial charge on any atom is -0.369 e. The van der Waals surface area contributed by atoms with E-state index in [0.717, 1.165) is 34.5 Å². The molecule has 0 unspecified atom stereocenters. The molecule has 45 heavy (non-hydrogen) atoms. The zero-order valence-corrected chi connectivity index (χ0v) is 24.9. The number of hydrogen-bond acceptors (Lipinski definition) is 7. The van der Waals surface area contributed by atoms with Gasteiger partial charge in [-0.1, -0.05) is 55.3 Å². The Morgan fingerprint density at radius 3 is 2.02 bits per heavy atom. The summed E-state index contributed by atoms with van der Waals surface area (Å²) in [5, 5.41) is 2.69. The predicted molar refractivity (Wildman–Crippen MR) is 165 cm³/mol. The highest BCUT2D eigenvalue weighted by Gasteiger charge is 2.30. The highest BCUT2D eigenvalue weighted by molar-refractivity contribution is 5.95. The van der Waals surface area contributed by atoms with E-state index in [9.17, 15) is 24.0 Å². The maximum Gasteiger partial charge on any atom is 0.251 e. The van der Waals surface area contributed by atoms with Crippen molar-refractivity contribution in [1.82, 2.24) is 20.0 Å². The van der Waals surface area contributed by atoms with Crippen molar-refractivity contribution in [3.8, 4) is 11.8 Å². The number of hydrogen-bond donors (Lipinski definition) is 1. The molecule has 0 spiro atoms. The molecule has 2 aliphatic heterocycles. The van der Waals surface area contributed by atoms with Crippen molar-refractivity contribution in [1.29, 1.82) is 0 Å². The van der Waals surface area contributed by atoms with Crippen LogP contribution in [-0.4, -0.2) is 97.2 Å². The number of carbonyl (C=O) groups is 5. The summed E-state index contributed by atoms with van der Waals surface area (Å²) in [4.78, 5) is 67.9. The van der Waals surface area contributed by atoms with Crippen LogP contribution in [0.5, 0.6) is 0 Å². The fraction of sp³-hybridized carbons (Fsp3) is 0.303. The van der Waals surface area contributed by atoms with Gasteiger partial charge in [0, 0.05) is 24.1 Å². The van der Waals surface area contributed by atoms with E-state index in [4.69, 9.17) is 9.47 Å². The van der Waals surface area contributed by atoms with E-state index in [-0.39, 0.29) is 65.3 Å². The summed E-state index contributed by atoms with van der Waals surface area (Å²) in [6.07, 6.45) is 2.30. The van der Waals surface area contributed by atoms with Crippen molar-refractivity contribution in [3.05, 3.63) is 90.5 Å². The van der Waals surface area contributed by atoms with Gasteiger partial charge >= 0.3 is 0 Å². The molecule has 0 atom stereocenters. The Labute approximate surface area is 261 Å². The summed E-state index contributed by atoms with van der Waals surface area (Å²) < 4.78 is 10.7. The predicted octanol–water partition coefficient (Wildman–Crippen LogP) is 1.22. The molecular weight excluding hydrogens is 578 g/mol. The van der Waals surface area contributed by atoms with Crippen LogP contribution in [0.2, 0.25) is 0 Å². The molecule has 0 saturated carbocycles. The molecule has 5 amide bonds. The van der Waals surface area contributed by atoms with E-state index in [1.54, 1.807) is 4.90 Å². The highest BCUT2D eigenvalue weighted by Crippen LogP contribution is 2.25. The first kappa shape index (κ1) is 32.7. The highest BCUT2D eigenvalue weighted by atomic mass is 16.5. The Morgan fingerprint density at radius 2 is 1.33 bits per heavy atom. The van der Waals surface area contributed by atoms with Crippen molar-refractivity contribution in [2.24, 2.45) is 0 Å². The lowest BCUT2D eigenvalue weighted by Gasteiger charge is -2.41. The van der Waals surface area contributed by atoms with E-state index in [2.05, 4.69) is 30.3 Å². The summed E-state index contributed by atoms with van der Waals surface area (Å²) >= 11 is 0. The monoisotopic (exact) mass is 613 g/mol. The number of carbonyl (C=O) groups excluding carboxylic acids is 5. The smallest absolute Gasteiger partial charge is 0.251 e. The number of nitrogens with zero attached hydrogens (tertiary/aromatic N) is 4. The number of amides is 5. The minimum atomic E-state index is -0.431. The fourth-order valence-electron chi connectivity index (χ4n) is 4.68. The van der Waals surface area contributed by atoms with Crippen molar-refractivity contribution in [3.63, 3.8) is 0 Å². The summed E-state index contributed by atoms with van der Waals surface area (Å²) in [7, 11) is 0. The molecule has 234 valence electrons. The van der Waals surface area contributed by atoms with E-state index in [1.807, 2.05) is 48.5 Å². The van der Waals surface area contributed by atoms with Crippen LogP contribution in [0.15, 0.2) is 73.8 Å². The number of ether oxygens (including phenoxy) is 2. The molecule has 2 aromatic carbocycles. The second-order valence-corrected chi connectivity index (χ2v) is 10.1. The van der Waals surface area contributed by atoms with Crippen molar-refractivity contribution >= 4 is 35.2 Å². The molecule has 1 saturated heterocycles. The van der Waals surface area contributed by atoms with Gasteiger partial charge in [-0.2, -0.15) is 0 Å². The van der Waals surface area contributed by atoms with Crippen molar-refractivity contribution in [2.45, 2.75) is 13.0 Å². The molecule has 12 nitrogen and oxygen atoms in total. The number of nitrogens with one attached hydrogen (secondary N) is 1. The third-order valence-electron chi connectivity index (χ3n) is 7.01. The third kappa shape index (κ3) is 8.88. The van der Waals surface area contributed by atoms with Crippen LogP contribution in [0, 0.1) is 11.8 Å². The molecule has 2 aliphatic rings. The minimum absolute atomic E-state index is 0.0142. The van der Waals surface area contributed by atoms with Gasteiger partial charge in [-0.15, -0.1) is 0 Å². The quantitative estimate of drug-likeness (QED) is 0.217. The van der Waals surface area contributed by atoms with Crippen LogP contribution in [0.25, 0.3) is 0 Å². The summed E-state index contributed by atoms with van der Waals surface area (Å²) in [5.74, 6) is 4.53. The second-order valence-electron chi connectivity index (χ2n) is 10.1. The molecule has 0 aromatic heterocycles. The molecule has 2 heterocycles. The molecular formula is C33H35N5O7. The van der Waals surface area contributed by atoms with Crippen LogP contribution >= 0.6 is 0 Å². The van der Waals surface area contributed by atoms with Gasteiger partial charge < -0.3 is 34.4 Å². The summed E-state index contributed by atoms with van der Waals surface area (Å²) in [5.41, 5.74) is 3.29. The summed E-state index contributed by atoms with van der Waals surface area (Å²) in [6, 6.07) is 15.2. The van der Waals surface area contributed by atoms with Crippen LogP contribution < -0.4 is 10.2 Å². The van der Waals surface area contributed by atoms with Gasteiger partial charge in [0.2, 0.25) is 23.6 Å². The summed E-state index contributed by atoms with van der Waals surface area (Å²) in [6.45, 7) is 6.90. The Hall–Kier alpha value is -5.25. The van der Waals surface area contributed by atoms with Crippen LogP contribution in [0.3, 0.4) is 0 Å². The molecule has 0 bridgehead atoms. The standard InChI is InChI=1S/C33H35N5O7/c1-3-30(40)35-22-36(31(41)4-2)24-37(23-35)33(43)21-45-18-17-44-20-29(39)34-16-15-32(42)38-19-27-11-6-5-9-25(27)13-14-26-10-7-8-12-28(26)38/h3-12H,1-2,15-24H2,(H,34,39). The lowest BCUT2D eigenvalue weighted by molar-refractivity contribution is -0.157. The van der Waals surface area contributed by atoms with Crippen molar-refractivity contribution in [2.75, 3.05) is 57.9 Å². The van der Waals surface area contributed by atoms with E-state index >= 15 is 0 Å². The fourth-order valence-corrected chi connectivity index (χ4v) is 4.68.